The van der Waals surface area contributed by atoms with Gasteiger partial charge in [0.1, 0.15) is 5.75 Å². The van der Waals surface area contributed by atoms with Crippen molar-refractivity contribution in [3.05, 3.63) is 53.6 Å². The fourth-order valence-corrected chi connectivity index (χ4v) is 4.66. The van der Waals surface area contributed by atoms with E-state index in [0.29, 0.717) is 25.1 Å². The number of amides is 1. The molecular weight excluding hydrogens is 364 g/mol. The van der Waals surface area contributed by atoms with Crippen LogP contribution in [-0.2, 0) is 21.2 Å². The van der Waals surface area contributed by atoms with Gasteiger partial charge in [-0.25, -0.2) is 13.1 Å². The van der Waals surface area contributed by atoms with Crippen LogP contribution in [0.3, 0.4) is 0 Å². The summed E-state index contributed by atoms with van der Waals surface area (Å²) in [5.41, 5.74) is 2.45. The second-order valence-corrected chi connectivity index (χ2v) is 8.24. The summed E-state index contributed by atoms with van der Waals surface area (Å²) in [6.07, 6.45) is 1.09. The molecule has 1 amide bonds. The second kappa shape index (κ2) is 7.70. The summed E-state index contributed by atoms with van der Waals surface area (Å²) in [7, 11) is -2.15. The molecule has 0 aliphatic carbocycles. The van der Waals surface area contributed by atoms with Gasteiger partial charge in [0.2, 0.25) is 15.9 Å². The summed E-state index contributed by atoms with van der Waals surface area (Å²) in [6, 6.07) is 11.8. The van der Waals surface area contributed by atoms with Crippen molar-refractivity contribution in [1.29, 1.82) is 0 Å². The highest BCUT2D eigenvalue weighted by atomic mass is 32.2. The van der Waals surface area contributed by atoms with E-state index in [1.807, 2.05) is 25.1 Å². The minimum absolute atomic E-state index is 0.0484. The summed E-state index contributed by atoms with van der Waals surface area (Å²) in [5.74, 6) is 0.683. The van der Waals surface area contributed by atoms with Crippen molar-refractivity contribution in [2.45, 2.75) is 37.6 Å². The Balaban J connectivity index is 1.85. The molecule has 6 nitrogen and oxygen atoms in total. The monoisotopic (exact) mass is 388 g/mol. The van der Waals surface area contributed by atoms with Crippen LogP contribution in [0.25, 0.3) is 0 Å². The van der Waals surface area contributed by atoms with Gasteiger partial charge in [-0.05, 0) is 43.2 Å². The number of methoxy groups -OCH3 is 1. The van der Waals surface area contributed by atoms with E-state index >= 15 is 0 Å². The molecule has 1 aliphatic rings. The van der Waals surface area contributed by atoms with Gasteiger partial charge in [-0.2, -0.15) is 0 Å². The molecule has 27 heavy (non-hydrogen) atoms. The van der Waals surface area contributed by atoms with Crippen molar-refractivity contribution >= 4 is 21.6 Å². The van der Waals surface area contributed by atoms with Crippen LogP contribution in [0.2, 0.25) is 0 Å². The molecule has 0 saturated carbocycles. The summed E-state index contributed by atoms with van der Waals surface area (Å²) < 4.78 is 33.7. The van der Waals surface area contributed by atoms with Crippen LogP contribution in [0.5, 0.6) is 5.75 Å². The lowest BCUT2D eigenvalue weighted by Crippen LogP contribution is -2.28. The van der Waals surface area contributed by atoms with Gasteiger partial charge in [-0.1, -0.05) is 25.1 Å². The molecule has 1 atom stereocenters. The van der Waals surface area contributed by atoms with E-state index < -0.39 is 16.1 Å². The van der Waals surface area contributed by atoms with Gasteiger partial charge >= 0.3 is 0 Å². The van der Waals surface area contributed by atoms with Crippen LogP contribution in [0.4, 0.5) is 5.69 Å². The predicted octanol–water partition coefficient (Wildman–Crippen LogP) is 3.03. The number of benzene rings is 2. The highest BCUT2D eigenvalue weighted by molar-refractivity contribution is 7.89. The Morgan fingerprint density at radius 2 is 2.00 bits per heavy atom. The SMILES string of the molecule is CCC(=O)N1CCc2cc(S(=O)(=O)N[C@H](C)c3ccccc3OC)ccc21. The number of hydrogen-bond acceptors (Lipinski definition) is 4. The minimum Gasteiger partial charge on any atom is -0.496 e. The first-order valence-electron chi connectivity index (χ1n) is 8.96. The molecule has 2 aromatic carbocycles. The number of carbonyl (C=O) groups excluding carboxylic acids is 1. The average Bonchev–Trinajstić information content (AvgIpc) is 3.10. The van der Waals surface area contributed by atoms with Gasteiger partial charge in [0.05, 0.1) is 12.0 Å². The maximum atomic E-state index is 12.9. The number of nitrogens with zero attached hydrogens (tertiary/aromatic N) is 1. The number of ether oxygens (including phenoxy) is 1. The highest BCUT2D eigenvalue weighted by Gasteiger charge is 2.27. The standard InChI is InChI=1S/C20H24N2O4S/c1-4-20(23)22-12-11-15-13-16(9-10-18(15)22)27(24,25)21-14(2)17-7-5-6-8-19(17)26-3/h5-10,13-14,21H,4,11-12H2,1-3H3/t14-/m1/s1. The van der Waals surface area contributed by atoms with E-state index in [1.54, 1.807) is 43.2 Å². The lowest BCUT2D eigenvalue weighted by atomic mass is 10.1. The zero-order valence-electron chi connectivity index (χ0n) is 15.7. The molecule has 1 heterocycles. The third-order valence-electron chi connectivity index (χ3n) is 4.80. The number of para-hydroxylation sites is 1. The first-order chi connectivity index (χ1) is 12.9. The van der Waals surface area contributed by atoms with Crippen molar-refractivity contribution in [3.8, 4) is 5.75 Å². The number of fused-ring (bicyclic) bond motifs is 1. The first-order valence-corrected chi connectivity index (χ1v) is 10.4. The maximum Gasteiger partial charge on any atom is 0.241 e. The van der Waals surface area contributed by atoms with E-state index in [0.717, 1.165) is 16.8 Å². The Hall–Kier alpha value is -2.38. The van der Waals surface area contributed by atoms with Crippen LogP contribution in [0, 0.1) is 0 Å². The van der Waals surface area contributed by atoms with E-state index in [4.69, 9.17) is 4.74 Å². The predicted molar refractivity (Wildman–Crippen MR) is 105 cm³/mol. The van der Waals surface area contributed by atoms with Crippen LogP contribution in [0.15, 0.2) is 47.4 Å². The largest absolute Gasteiger partial charge is 0.496 e. The summed E-state index contributed by atoms with van der Waals surface area (Å²) in [5, 5.41) is 0. The van der Waals surface area contributed by atoms with E-state index in [9.17, 15) is 13.2 Å². The van der Waals surface area contributed by atoms with Crippen molar-refractivity contribution in [2.75, 3.05) is 18.6 Å². The highest BCUT2D eigenvalue weighted by Crippen LogP contribution is 2.31. The number of hydrogen-bond donors (Lipinski definition) is 1. The fraction of sp³-hybridized carbons (Fsp3) is 0.350. The Kier molecular flexibility index (Phi) is 5.53. The van der Waals surface area contributed by atoms with Crippen molar-refractivity contribution in [2.24, 2.45) is 0 Å². The summed E-state index contributed by atoms with van der Waals surface area (Å²) >= 11 is 0. The normalized spacial score (nSPS) is 14.7. The smallest absolute Gasteiger partial charge is 0.241 e. The third kappa shape index (κ3) is 3.84. The molecular formula is C20H24N2O4S. The fourth-order valence-electron chi connectivity index (χ4n) is 3.38. The van der Waals surface area contributed by atoms with Crippen LogP contribution in [-0.4, -0.2) is 28.0 Å². The van der Waals surface area contributed by atoms with E-state index in [1.165, 1.54) is 0 Å². The molecule has 2 aromatic rings. The topological polar surface area (TPSA) is 75.7 Å². The zero-order valence-corrected chi connectivity index (χ0v) is 16.5. The molecule has 0 saturated heterocycles. The molecule has 0 radical (unpaired) electrons. The minimum atomic E-state index is -3.71. The van der Waals surface area contributed by atoms with Crippen molar-refractivity contribution < 1.29 is 17.9 Å². The Labute approximate surface area is 160 Å². The van der Waals surface area contributed by atoms with Crippen LogP contribution < -0.4 is 14.4 Å². The van der Waals surface area contributed by atoms with Gasteiger partial charge in [0, 0.05) is 30.3 Å². The van der Waals surface area contributed by atoms with E-state index in [-0.39, 0.29) is 10.8 Å². The molecule has 144 valence electrons. The first kappa shape index (κ1) is 19.4. The molecule has 0 unspecified atom stereocenters. The number of sulfonamides is 1. The van der Waals surface area contributed by atoms with Gasteiger partial charge in [0.15, 0.2) is 0 Å². The lowest BCUT2D eigenvalue weighted by molar-refractivity contribution is -0.118. The molecule has 1 N–H and O–H groups in total. The number of nitrogens with one attached hydrogen (secondary N) is 1. The van der Waals surface area contributed by atoms with Gasteiger partial charge in [-0.3, -0.25) is 4.79 Å². The lowest BCUT2D eigenvalue weighted by Gasteiger charge is -2.18. The summed E-state index contributed by atoms with van der Waals surface area (Å²) in [4.78, 5) is 13.9. The molecule has 3 rings (SSSR count). The third-order valence-corrected chi connectivity index (χ3v) is 6.34. The molecule has 0 spiro atoms. The summed E-state index contributed by atoms with van der Waals surface area (Å²) in [6.45, 7) is 4.20. The molecule has 1 aliphatic heterocycles. The number of anilines is 1. The average molecular weight is 388 g/mol. The van der Waals surface area contributed by atoms with Crippen molar-refractivity contribution in [3.63, 3.8) is 0 Å². The zero-order chi connectivity index (χ0) is 19.6. The Bertz CT molecular complexity index is 956. The quantitative estimate of drug-likeness (QED) is 0.825. The maximum absolute atomic E-state index is 12.9. The molecule has 0 aromatic heterocycles. The van der Waals surface area contributed by atoms with Crippen molar-refractivity contribution in [1.82, 2.24) is 4.72 Å². The molecule has 0 bridgehead atoms. The molecule has 7 heteroatoms. The second-order valence-electron chi connectivity index (χ2n) is 6.52. The van der Waals surface area contributed by atoms with Crippen LogP contribution >= 0.6 is 0 Å². The number of rotatable bonds is 6. The number of carbonyl (C=O) groups is 1. The molecule has 0 fully saturated rings. The van der Waals surface area contributed by atoms with Gasteiger partial charge in [0.25, 0.3) is 0 Å². The Morgan fingerprint density at radius 3 is 2.70 bits per heavy atom. The van der Waals surface area contributed by atoms with Crippen LogP contribution in [0.1, 0.15) is 37.4 Å². The Morgan fingerprint density at radius 1 is 1.26 bits per heavy atom. The van der Waals surface area contributed by atoms with E-state index in [2.05, 4.69) is 4.72 Å². The van der Waals surface area contributed by atoms with Gasteiger partial charge in [-0.15, -0.1) is 0 Å². The van der Waals surface area contributed by atoms with Gasteiger partial charge < -0.3 is 9.64 Å².